The first-order chi connectivity index (χ1) is 9.84. The van der Waals surface area contributed by atoms with E-state index in [-0.39, 0.29) is 12.5 Å². The molecule has 122 valence electrons. The lowest BCUT2D eigenvalue weighted by atomic mass is 9.79. The predicted molar refractivity (Wildman–Crippen MR) is 82.4 cm³/mol. The minimum absolute atomic E-state index is 0.00627. The summed E-state index contributed by atoms with van der Waals surface area (Å²) in [5.74, 6) is -0.850. The van der Waals surface area contributed by atoms with Gasteiger partial charge in [0.1, 0.15) is 0 Å². The van der Waals surface area contributed by atoms with E-state index in [0.29, 0.717) is 12.6 Å². The van der Waals surface area contributed by atoms with Crippen LogP contribution < -0.4 is 10.6 Å². The largest absolute Gasteiger partial charge is 0.481 e. The van der Waals surface area contributed by atoms with E-state index < -0.39 is 11.5 Å². The van der Waals surface area contributed by atoms with Crippen LogP contribution in [0.3, 0.4) is 0 Å². The highest BCUT2D eigenvalue weighted by Crippen LogP contribution is 2.31. The summed E-state index contributed by atoms with van der Waals surface area (Å²) in [4.78, 5) is 25.2. The van der Waals surface area contributed by atoms with E-state index in [2.05, 4.69) is 29.4 Å². The molecule has 1 aliphatic carbocycles. The van der Waals surface area contributed by atoms with Gasteiger partial charge < -0.3 is 20.6 Å². The number of rotatable bonds is 7. The summed E-state index contributed by atoms with van der Waals surface area (Å²) in [6.45, 7) is 5.54. The SMILES string of the molecule is CC(C)N(C)CCNC(=O)NC1(CC(=O)O)CCCCC1. The monoisotopic (exact) mass is 299 g/mol. The highest BCUT2D eigenvalue weighted by atomic mass is 16.4. The fourth-order valence-electron chi connectivity index (χ4n) is 2.75. The summed E-state index contributed by atoms with van der Waals surface area (Å²) < 4.78 is 0. The molecule has 0 aliphatic heterocycles. The Morgan fingerprint density at radius 3 is 2.38 bits per heavy atom. The van der Waals surface area contributed by atoms with E-state index in [4.69, 9.17) is 5.11 Å². The molecule has 0 spiro atoms. The van der Waals surface area contributed by atoms with Gasteiger partial charge in [0.2, 0.25) is 0 Å². The second-order valence-corrected chi connectivity index (χ2v) is 6.37. The topological polar surface area (TPSA) is 81.7 Å². The first kappa shape index (κ1) is 17.8. The molecule has 6 heteroatoms. The molecule has 0 aromatic carbocycles. The van der Waals surface area contributed by atoms with E-state index in [1.165, 1.54) is 0 Å². The van der Waals surface area contributed by atoms with Crippen LogP contribution in [0.2, 0.25) is 0 Å². The summed E-state index contributed by atoms with van der Waals surface area (Å²) >= 11 is 0. The van der Waals surface area contributed by atoms with E-state index in [0.717, 1.165) is 38.6 Å². The minimum Gasteiger partial charge on any atom is -0.481 e. The van der Waals surface area contributed by atoms with Crippen molar-refractivity contribution in [1.82, 2.24) is 15.5 Å². The molecule has 0 unspecified atom stereocenters. The van der Waals surface area contributed by atoms with Crippen molar-refractivity contribution < 1.29 is 14.7 Å². The summed E-state index contributed by atoms with van der Waals surface area (Å²) in [6, 6.07) is 0.182. The van der Waals surface area contributed by atoms with Gasteiger partial charge in [-0.3, -0.25) is 4.79 Å². The molecule has 6 nitrogen and oxygen atoms in total. The second kappa shape index (κ2) is 8.22. The fourth-order valence-corrected chi connectivity index (χ4v) is 2.75. The van der Waals surface area contributed by atoms with Crippen LogP contribution in [0.25, 0.3) is 0 Å². The first-order valence-electron chi connectivity index (χ1n) is 7.83. The van der Waals surface area contributed by atoms with Gasteiger partial charge in [0.05, 0.1) is 12.0 Å². The lowest BCUT2D eigenvalue weighted by molar-refractivity contribution is -0.139. The Morgan fingerprint density at radius 1 is 1.24 bits per heavy atom. The maximum Gasteiger partial charge on any atom is 0.315 e. The number of likely N-dealkylation sites (N-methyl/N-ethyl adjacent to an activating group) is 1. The standard InChI is InChI=1S/C15H29N3O3/c1-12(2)18(3)10-9-16-14(21)17-15(11-13(19)20)7-5-4-6-8-15/h12H,4-11H2,1-3H3,(H,19,20)(H2,16,17,21). The van der Waals surface area contributed by atoms with Crippen LogP contribution in [-0.4, -0.2) is 53.7 Å². The number of amides is 2. The second-order valence-electron chi connectivity index (χ2n) is 6.37. The van der Waals surface area contributed by atoms with Crippen molar-refractivity contribution in [2.24, 2.45) is 0 Å². The average Bonchev–Trinajstić information content (AvgIpc) is 2.38. The number of carboxylic acid groups (broad SMARTS) is 1. The summed E-state index contributed by atoms with van der Waals surface area (Å²) in [7, 11) is 2.01. The number of carboxylic acids is 1. The van der Waals surface area contributed by atoms with Gasteiger partial charge in [-0.25, -0.2) is 4.79 Å². The maximum absolute atomic E-state index is 12.0. The number of carbonyl (C=O) groups excluding carboxylic acids is 1. The molecule has 3 N–H and O–H groups in total. The molecule has 0 aromatic heterocycles. The van der Waals surface area contributed by atoms with Gasteiger partial charge in [0.25, 0.3) is 0 Å². The van der Waals surface area contributed by atoms with Gasteiger partial charge in [-0.05, 0) is 33.7 Å². The Kier molecular flexibility index (Phi) is 6.95. The van der Waals surface area contributed by atoms with Crippen LogP contribution >= 0.6 is 0 Å². The van der Waals surface area contributed by atoms with Crippen LogP contribution in [-0.2, 0) is 4.79 Å². The highest BCUT2D eigenvalue weighted by molar-refractivity contribution is 5.76. The molecule has 1 aliphatic rings. The number of urea groups is 1. The number of carbonyl (C=O) groups is 2. The van der Waals surface area contributed by atoms with Crippen LogP contribution in [0.15, 0.2) is 0 Å². The number of hydrogen-bond acceptors (Lipinski definition) is 3. The van der Waals surface area contributed by atoms with Crippen LogP contribution in [0, 0.1) is 0 Å². The van der Waals surface area contributed by atoms with Crippen molar-refractivity contribution in [3.05, 3.63) is 0 Å². The smallest absolute Gasteiger partial charge is 0.315 e. The van der Waals surface area contributed by atoms with Crippen molar-refractivity contribution in [3.8, 4) is 0 Å². The summed E-state index contributed by atoms with van der Waals surface area (Å²) in [6.07, 6.45) is 4.57. The number of hydrogen-bond donors (Lipinski definition) is 3. The number of nitrogens with one attached hydrogen (secondary N) is 2. The first-order valence-corrected chi connectivity index (χ1v) is 7.83. The Morgan fingerprint density at radius 2 is 1.86 bits per heavy atom. The predicted octanol–water partition coefficient (Wildman–Crippen LogP) is 1.80. The molecule has 0 radical (unpaired) electrons. The number of nitrogens with zero attached hydrogens (tertiary/aromatic N) is 1. The third-order valence-electron chi connectivity index (χ3n) is 4.31. The molecule has 2 amide bonds. The maximum atomic E-state index is 12.0. The molecular formula is C15H29N3O3. The van der Waals surface area contributed by atoms with E-state index in [1.807, 2.05) is 7.05 Å². The molecular weight excluding hydrogens is 270 g/mol. The Bertz CT molecular complexity index is 352. The zero-order valence-corrected chi connectivity index (χ0v) is 13.4. The van der Waals surface area contributed by atoms with Gasteiger partial charge in [0.15, 0.2) is 0 Å². The molecule has 0 aromatic rings. The molecule has 0 atom stereocenters. The molecule has 21 heavy (non-hydrogen) atoms. The Labute approximate surface area is 127 Å². The van der Waals surface area contributed by atoms with Crippen LogP contribution in [0.1, 0.15) is 52.4 Å². The molecule has 1 rings (SSSR count). The third kappa shape index (κ3) is 6.33. The van der Waals surface area contributed by atoms with Gasteiger partial charge >= 0.3 is 12.0 Å². The minimum atomic E-state index is -0.850. The van der Waals surface area contributed by atoms with Crippen molar-refractivity contribution in [2.45, 2.75) is 64.0 Å². The van der Waals surface area contributed by atoms with Gasteiger partial charge in [-0.1, -0.05) is 19.3 Å². The van der Waals surface area contributed by atoms with Crippen molar-refractivity contribution in [3.63, 3.8) is 0 Å². The highest BCUT2D eigenvalue weighted by Gasteiger charge is 2.35. The summed E-state index contributed by atoms with van der Waals surface area (Å²) in [5, 5.41) is 14.8. The zero-order valence-electron chi connectivity index (χ0n) is 13.4. The van der Waals surface area contributed by atoms with E-state index >= 15 is 0 Å². The van der Waals surface area contributed by atoms with Gasteiger partial charge in [-0.15, -0.1) is 0 Å². The molecule has 0 heterocycles. The van der Waals surface area contributed by atoms with Crippen molar-refractivity contribution >= 4 is 12.0 Å². The van der Waals surface area contributed by atoms with Crippen LogP contribution in [0.4, 0.5) is 4.79 Å². The van der Waals surface area contributed by atoms with E-state index in [9.17, 15) is 9.59 Å². The van der Waals surface area contributed by atoms with Gasteiger partial charge in [-0.2, -0.15) is 0 Å². The Hall–Kier alpha value is -1.30. The van der Waals surface area contributed by atoms with Crippen LogP contribution in [0.5, 0.6) is 0 Å². The normalized spacial score (nSPS) is 17.8. The number of aliphatic carboxylic acids is 1. The Balaban J connectivity index is 2.43. The third-order valence-corrected chi connectivity index (χ3v) is 4.31. The average molecular weight is 299 g/mol. The van der Waals surface area contributed by atoms with Gasteiger partial charge in [0, 0.05) is 19.1 Å². The lowest BCUT2D eigenvalue weighted by Crippen LogP contribution is -2.54. The van der Waals surface area contributed by atoms with E-state index in [1.54, 1.807) is 0 Å². The molecule has 0 saturated heterocycles. The van der Waals surface area contributed by atoms with Crippen molar-refractivity contribution in [2.75, 3.05) is 20.1 Å². The fraction of sp³-hybridized carbons (Fsp3) is 0.867. The zero-order chi connectivity index (χ0) is 15.9. The molecule has 1 fully saturated rings. The lowest BCUT2D eigenvalue weighted by Gasteiger charge is -2.37. The molecule has 0 bridgehead atoms. The summed E-state index contributed by atoms with van der Waals surface area (Å²) in [5.41, 5.74) is -0.571. The quantitative estimate of drug-likeness (QED) is 0.669. The van der Waals surface area contributed by atoms with Crippen molar-refractivity contribution in [1.29, 1.82) is 0 Å². The molecule has 1 saturated carbocycles.